The maximum absolute atomic E-state index is 12.7. The van der Waals surface area contributed by atoms with Crippen molar-refractivity contribution >= 4 is 11.5 Å². The van der Waals surface area contributed by atoms with Crippen LogP contribution < -0.4 is 15.2 Å². The van der Waals surface area contributed by atoms with Gasteiger partial charge in [-0.05, 0) is 24.3 Å². The van der Waals surface area contributed by atoms with E-state index in [1.807, 2.05) is 0 Å². The smallest absolute Gasteiger partial charge is 0.435 e. The summed E-state index contributed by atoms with van der Waals surface area (Å²) < 4.78 is 72.1. The van der Waals surface area contributed by atoms with Crippen LogP contribution >= 0.6 is 0 Å². The molecular weight excluding hydrogens is 351 g/mol. The molecule has 132 valence electrons. The standard InChI is InChI=1S/C14H9F5N4O2/c15-12(16)24-7-3-4-8(10(6-7)25-14(17,18)19)11-9-2-1-5-23(9)13(20)22-21-11/h1-6,12H,(H2,20,22). The number of halogens is 5. The molecule has 3 rings (SSSR count). The fourth-order valence-corrected chi connectivity index (χ4v) is 2.25. The van der Waals surface area contributed by atoms with Gasteiger partial charge in [-0.3, -0.25) is 4.40 Å². The van der Waals surface area contributed by atoms with Gasteiger partial charge in [0.25, 0.3) is 0 Å². The molecular formula is C14H9F5N4O2. The van der Waals surface area contributed by atoms with Gasteiger partial charge in [0, 0.05) is 17.8 Å². The van der Waals surface area contributed by atoms with Gasteiger partial charge in [0.15, 0.2) is 0 Å². The van der Waals surface area contributed by atoms with E-state index < -0.39 is 24.5 Å². The van der Waals surface area contributed by atoms with E-state index in [0.717, 1.165) is 12.1 Å². The Bertz CT molecular complexity index is 910. The van der Waals surface area contributed by atoms with Gasteiger partial charge < -0.3 is 15.2 Å². The molecule has 0 spiro atoms. The molecule has 0 saturated heterocycles. The van der Waals surface area contributed by atoms with Crippen LogP contribution in [0.3, 0.4) is 0 Å². The summed E-state index contributed by atoms with van der Waals surface area (Å²) >= 11 is 0. The maximum atomic E-state index is 12.7. The number of nitrogens with two attached hydrogens (primary N) is 1. The van der Waals surface area contributed by atoms with Gasteiger partial charge in [0.05, 0.1) is 5.52 Å². The molecule has 0 aliphatic carbocycles. The number of hydrogen-bond donors (Lipinski definition) is 1. The zero-order valence-electron chi connectivity index (χ0n) is 12.2. The number of benzene rings is 1. The van der Waals surface area contributed by atoms with Crippen molar-refractivity contribution in [3.63, 3.8) is 0 Å². The summed E-state index contributed by atoms with van der Waals surface area (Å²) in [7, 11) is 0. The first-order valence-electron chi connectivity index (χ1n) is 6.69. The fraction of sp³-hybridized carbons (Fsp3) is 0.143. The van der Waals surface area contributed by atoms with Gasteiger partial charge in [-0.1, -0.05) is 0 Å². The van der Waals surface area contributed by atoms with Crippen molar-refractivity contribution in [2.24, 2.45) is 0 Å². The highest BCUT2D eigenvalue weighted by Crippen LogP contribution is 2.38. The first kappa shape index (κ1) is 16.7. The van der Waals surface area contributed by atoms with Crippen LogP contribution in [0.4, 0.5) is 27.9 Å². The minimum Gasteiger partial charge on any atom is -0.435 e. The molecule has 25 heavy (non-hydrogen) atoms. The van der Waals surface area contributed by atoms with Gasteiger partial charge >= 0.3 is 13.0 Å². The van der Waals surface area contributed by atoms with E-state index in [4.69, 9.17) is 5.73 Å². The van der Waals surface area contributed by atoms with Crippen molar-refractivity contribution < 1.29 is 31.4 Å². The molecule has 2 N–H and O–H groups in total. The minimum atomic E-state index is -5.04. The van der Waals surface area contributed by atoms with Crippen molar-refractivity contribution in [3.8, 4) is 22.8 Å². The average molecular weight is 360 g/mol. The normalized spacial score (nSPS) is 11.9. The first-order valence-corrected chi connectivity index (χ1v) is 6.69. The van der Waals surface area contributed by atoms with E-state index >= 15 is 0 Å². The molecule has 0 aliphatic rings. The molecule has 0 atom stereocenters. The maximum Gasteiger partial charge on any atom is 0.573 e. The van der Waals surface area contributed by atoms with Gasteiger partial charge in [-0.2, -0.15) is 8.78 Å². The molecule has 2 heterocycles. The molecule has 3 aromatic rings. The summed E-state index contributed by atoms with van der Waals surface area (Å²) in [6.45, 7) is -3.20. The van der Waals surface area contributed by atoms with Crippen molar-refractivity contribution in [1.29, 1.82) is 0 Å². The second-order valence-electron chi connectivity index (χ2n) is 4.75. The molecule has 0 amide bonds. The van der Waals surface area contributed by atoms with Crippen molar-refractivity contribution in [2.75, 3.05) is 5.73 Å². The number of anilines is 1. The van der Waals surface area contributed by atoms with Crippen molar-refractivity contribution in [1.82, 2.24) is 14.6 Å². The van der Waals surface area contributed by atoms with E-state index in [0.29, 0.717) is 11.6 Å². The molecule has 11 heteroatoms. The van der Waals surface area contributed by atoms with E-state index in [2.05, 4.69) is 19.7 Å². The van der Waals surface area contributed by atoms with Crippen LogP contribution in [0.1, 0.15) is 0 Å². The lowest BCUT2D eigenvalue weighted by atomic mass is 10.1. The number of alkyl halides is 5. The third kappa shape index (κ3) is 3.54. The molecule has 6 nitrogen and oxygen atoms in total. The number of rotatable bonds is 4. The lowest BCUT2D eigenvalue weighted by Crippen LogP contribution is -2.18. The Balaban J connectivity index is 2.16. The number of nitrogen functional groups attached to an aromatic ring is 1. The summed E-state index contributed by atoms with van der Waals surface area (Å²) in [6.07, 6.45) is -3.50. The number of nitrogens with zero attached hydrogens (tertiary/aromatic N) is 3. The van der Waals surface area contributed by atoms with E-state index in [-0.39, 0.29) is 17.2 Å². The lowest BCUT2D eigenvalue weighted by molar-refractivity contribution is -0.274. The van der Waals surface area contributed by atoms with Crippen LogP contribution in [0.2, 0.25) is 0 Å². The minimum absolute atomic E-state index is 0.0275. The summed E-state index contributed by atoms with van der Waals surface area (Å²) in [5.74, 6) is -1.22. The Hall–Kier alpha value is -3.11. The van der Waals surface area contributed by atoms with Crippen molar-refractivity contribution in [2.45, 2.75) is 13.0 Å². The Labute approximate surface area is 136 Å². The largest absolute Gasteiger partial charge is 0.573 e. The van der Waals surface area contributed by atoms with E-state index in [9.17, 15) is 22.0 Å². The van der Waals surface area contributed by atoms with Gasteiger partial charge in [-0.15, -0.1) is 23.4 Å². The molecule has 2 aromatic heterocycles. The van der Waals surface area contributed by atoms with Crippen LogP contribution in [0.5, 0.6) is 11.5 Å². The van der Waals surface area contributed by atoms with E-state index in [1.165, 1.54) is 4.40 Å². The zero-order chi connectivity index (χ0) is 18.2. The molecule has 0 unspecified atom stereocenters. The Morgan fingerprint density at radius 1 is 1.12 bits per heavy atom. The zero-order valence-corrected chi connectivity index (χ0v) is 12.2. The van der Waals surface area contributed by atoms with Crippen molar-refractivity contribution in [3.05, 3.63) is 36.5 Å². The second-order valence-corrected chi connectivity index (χ2v) is 4.75. The number of hydrogen-bond acceptors (Lipinski definition) is 5. The Kier molecular flexibility index (Phi) is 4.07. The summed E-state index contributed by atoms with van der Waals surface area (Å²) in [4.78, 5) is 0. The number of ether oxygens (including phenoxy) is 2. The molecule has 0 radical (unpaired) electrons. The molecule has 0 bridgehead atoms. The van der Waals surface area contributed by atoms with E-state index in [1.54, 1.807) is 18.3 Å². The van der Waals surface area contributed by atoms with Gasteiger partial charge in [-0.25, -0.2) is 0 Å². The van der Waals surface area contributed by atoms with Gasteiger partial charge in [0.2, 0.25) is 5.95 Å². The van der Waals surface area contributed by atoms with Gasteiger partial charge in [0.1, 0.15) is 17.2 Å². The third-order valence-electron chi connectivity index (χ3n) is 3.15. The second kappa shape index (κ2) is 6.07. The number of fused-ring (bicyclic) bond motifs is 1. The van der Waals surface area contributed by atoms with Crippen LogP contribution in [-0.4, -0.2) is 27.6 Å². The quantitative estimate of drug-likeness (QED) is 0.721. The monoisotopic (exact) mass is 360 g/mol. The highest BCUT2D eigenvalue weighted by molar-refractivity contribution is 5.81. The number of aromatic nitrogens is 3. The van der Waals surface area contributed by atoms with Crippen LogP contribution in [0.25, 0.3) is 16.8 Å². The predicted octanol–water partition coefficient (Wildman–Crippen LogP) is 3.48. The van der Waals surface area contributed by atoms with Crippen LogP contribution in [0, 0.1) is 0 Å². The first-order chi connectivity index (χ1) is 11.7. The molecule has 0 fully saturated rings. The molecule has 0 aliphatic heterocycles. The SMILES string of the molecule is Nc1nnc(-c2ccc(OC(F)F)cc2OC(F)(F)F)c2cccn12. The summed E-state index contributed by atoms with van der Waals surface area (Å²) in [6, 6.07) is 6.04. The highest BCUT2D eigenvalue weighted by Gasteiger charge is 2.33. The Morgan fingerprint density at radius 2 is 1.88 bits per heavy atom. The predicted molar refractivity (Wildman–Crippen MR) is 76.2 cm³/mol. The topological polar surface area (TPSA) is 74.7 Å². The van der Waals surface area contributed by atoms with Crippen LogP contribution in [0.15, 0.2) is 36.5 Å². The Morgan fingerprint density at radius 3 is 2.56 bits per heavy atom. The summed E-state index contributed by atoms with van der Waals surface area (Å²) in [5.41, 5.74) is 5.92. The average Bonchev–Trinajstić information content (AvgIpc) is 2.97. The highest BCUT2D eigenvalue weighted by atomic mass is 19.4. The third-order valence-corrected chi connectivity index (χ3v) is 3.15. The van der Waals surface area contributed by atoms with Crippen LogP contribution in [-0.2, 0) is 0 Å². The lowest BCUT2D eigenvalue weighted by Gasteiger charge is -2.15. The fourth-order valence-electron chi connectivity index (χ4n) is 2.25. The summed E-state index contributed by atoms with van der Waals surface area (Å²) in [5, 5.41) is 7.46. The molecule has 1 aromatic carbocycles. The molecule has 0 saturated carbocycles.